The molecule has 0 heterocycles. The van der Waals surface area contributed by atoms with Crippen molar-refractivity contribution in [2.75, 3.05) is 0 Å². The van der Waals surface area contributed by atoms with Gasteiger partial charge in [-0.15, -0.1) is 0 Å². The molecule has 1 atom stereocenters. The smallest absolute Gasteiger partial charge is 0.0502 e. The maximum atomic E-state index is 5.79. The molecule has 0 bridgehead atoms. The monoisotopic (exact) mass is 268 g/mol. The van der Waals surface area contributed by atoms with Crippen molar-refractivity contribution >= 4 is 0 Å². The van der Waals surface area contributed by atoms with Crippen LogP contribution in [0.3, 0.4) is 0 Å². The van der Waals surface area contributed by atoms with Crippen molar-refractivity contribution in [2.45, 2.75) is 40.2 Å². The Kier molecular flexibility index (Phi) is 4.58. The SMILES string of the molecule is Cc1cc(C)cc(CC(NN)c2ccc(C)cc2C)c1. The number of hydrogen-bond donors (Lipinski definition) is 2. The number of rotatable bonds is 4. The minimum Gasteiger partial charge on any atom is -0.271 e. The fourth-order valence-electron chi connectivity index (χ4n) is 2.90. The highest BCUT2D eigenvalue weighted by Crippen LogP contribution is 2.23. The molecule has 0 spiro atoms. The van der Waals surface area contributed by atoms with E-state index < -0.39 is 0 Å². The van der Waals surface area contributed by atoms with Crippen LogP contribution in [0.2, 0.25) is 0 Å². The van der Waals surface area contributed by atoms with E-state index >= 15 is 0 Å². The molecule has 0 saturated carbocycles. The van der Waals surface area contributed by atoms with Crippen LogP contribution in [-0.4, -0.2) is 0 Å². The van der Waals surface area contributed by atoms with Crippen molar-refractivity contribution in [3.63, 3.8) is 0 Å². The quantitative estimate of drug-likeness (QED) is 0.656. The highest BCUT2D eigenvalue weighted by atomic mass is 15.2. The van der Waals surface area contributed by atoms with Gasteiger partial charge in [-0.1, -0.05) is 53.1 Å². The lowest BCUT2D eigenvalue weighted by atomic mass is 9.93. The third kappa shape index (κ3) is 3.47. The summed E-state index contributed by atoms with van der Waals surface area (Å²) >= 11 is 0. The Morgan fingerprint density at radius 1 is 0.900 bits per heavy atom. The summed E-state index contributed by atoms with van der Waals surface area (Å²) in [5.41, 5.74) is 10.7. The summed E-state index contributed by atoms with van der Waals surface area (Å²) in [6.45, 7) is 8.54. The van der Waals surface area contributed by atoms with E-state index in [0.29, 0.717) is 0 Å². The van der Waals surface area contributed by atoms with E-state index in [0.717, 1.165) is 6.42 Å². The zero-order valence-electron chi connectivity index (χ0n) is 12.8. The molecule has 0 aliphatic carbocycles. The third-order valence-electron chi connectivity index (χ3n) is 3.72. The maximum Gasteiger partial charge on any atom is 0.0502 e. The van der Waals surface area contributed by atoms with Crippen molar-refractivity contribution in [3.8, 4) is 0 Å². The van der Waals surface area contributed by atoms with E-state index in [1.165, 1.54) is 33.4 Å². The van der Waals surface area contributed by atoms with Crippen molar-refractivity contribution in [3.05, 3.63) is 69.8 Å². The summed E-state index contributed by atoms with van der Waals surface area (Å²) in [5, 5.41) is 0. The molecule has 2 aromatic rings. The van der Waals surface area contributed by atoms with E-state index in [1.54, 1.807) is 0 Å². The standard InChI is InChI=1S/C18H24N2/c1-12-5-6-17(15(4)8-12)18(20-19)11-16-9-13(2)7-14(3)10-16/h5-10,18,20H,11,19H2,1-4H3. The van der Waals surface area contributed by atoms with Gasteiger partial charge in [0.05, 0.1) is 6.04 Å². The molecule has 2 aromatic carbocycles. The lowest BCUT2D eigenvalue weighted by Crippen LogP contribution is -2.30. The summed E-state index contributed by atoms with van der Waals surface area (Å²) in [6.07, 6.45) is 0.906. The molecule has 0 aliphatic rings. The predicted molar refractivity (Wildman–Crippen MR) is 85.6 cm³/mol. The number of hydrazine groups is 1. The molecule has 0 aromatic heterocycles. The number of aryl methyl sites for hydroxylation is 4. The molecular weight excluding hydrogens is 244 g/mol. The molecule has 20 heavy (non-hydrogen) atoms. The van der Waals surface area contributed by atoms with Gasteiger partial charge in [0.25, 0.3) is 0 Å². The van der Waals surface area contributed by atoms with Crippen LogP contribution in [0.15, 0.2) is 36.4 Å². The normalized spacial score (nSPS) is 12.4. The first kappa shape index (κ1) is 14.8. The van der Waals surface area contributed by atoms with E-state index in [2.05, 4.69) is 69.5 Å². The first-order valence-corrected chi connectivity index (χ1v) is 7.10. The third-order valence-corrected chi connectivity index (χ3v) is 3.72. The zero-order chi connectivity index (χ0) is 14.7. The van der Waals surface area contributed by atoms with Crippen LogP contribution < -0.4 is 11.3 Å². The topological polar surface area (TPSA) is 38.0 Å². The van der Waals surface area contributed by atoms with Crippen LogP contribution in [-0.2, 0) is 6.42 Å². The summed E-state index contributed by atoms with van der Waals surface area (Å²) in [6, 6.07) is 13.4. The van der Waals surface area contributed by atoms with Gasteiger partial charge in [0.1, 0.15) is 0 Å². The van der Waals surface area contributed by atoms with Crippen molar-refractivity contribution < 1.29 is 0 Å². The zero-order valence-corrected chi connectivity index (χ0v) is 12.8. The van der Waals surface area contributed by atoms with Crippen molar-refractivity contribution in [1.82, 2.24) is 5.43 Å². The molecule has 3 N–H and O–H groups in total. The van der Waals surface area contributed by atoms with Crippen molar-refractivity contribution in [1.29, 1.82) is 0 Å². The first-order chi connectivity index (χ1) is 9.49. The molecule has 2 heteroatoms. The van der Waals surface area contributed by atoms with Gasteiger partial charge in [0.15, 0.2) is 0 Å². The fraction of sp³-hybridized carbons (Fsp3) is 0.333. The van der Waals surface area contributed by atoms with E-state index in [-0.39, 0.29) is 6.04 Å². The molecule has 0 amide bonds. The second-order valence-corrected chi connectivity index (χ2v) is 5.78. The molecule has 0 saturated heterocycles. The summed E-state index contributed by atoms with van der Waals surface area (Å²) < 4.78 is 0. The molecule has 1 unspecified atom stereocenters. The first-order valence-electron chi connectivity index (χ1n) is 7.10. The second kappa shape index (κ2) is 6.21. The molecule has 2 rings (SSSR count). The second-order valence-electron chi connectivity index (χ2n) is 5.78. The minimum atomic E-state index is 0.150. The highest BCUT2D eigenvalue weighted by molar-refractivity contribution is 5.35. The maximum absolute atomic E-state index is 5.79. The highest BCUT2D eigenvalue weighted by Gasteiger charge is 2.13. The van der Waals surface area contributed by atoms with Gasteiger partial charge < -0.3 is 0 Å². The Balaban J connectivity index is 2.28. The molecular formula is C18H24N2. The fourth-order valence-corrected chi connectivity index (χ4v) is 2.90. The lowest BCUT2D eigenvalue weighted by Gasteiger charge is -2.19. The van der Waals surface area contributed by atoms with Gasteiger partial charge in [-0.05, 0) is 50.8 Å². The van der Waals surface area contributed by atoms with E-state index in [9.17, 15) is 0 Å². The molecule has 2 nitrogen and oxygen atoms in total. The van der Waals surface area contributed by atoms with Crippen molar-refractivity contribution in [2.24, 2.45) is 5.84 Å². The number of nitrogens with two attached hydrogens (primary N) is 1. The average molecular weight is 268 g/mol. The Labute approximate surface area is 122 Å². The molecule has 0 fully saturated rings. The predicted octanol–water partition coefficient (Wildman–Crippen LogP) is 3.67. The molecule has 0 radical (unpaired) electrons. The van der Waals surface area contributed by atoms with Gasteiger partial charge in [0.2, 0.25) is 0 Å². The van der Waals surface area contributed by atoms with Crippen LogP contribution in [0.25, 0.3) is 0 Å². The lowest BCUT2D eigenvalue weighted by molar-refractivity contribution is 0.549. The van der Waals surface area contributed by atoms with Gasteiger partial charge >= 0.3 is 0 Å². The Morgan fingerprint density at radius 3 is 2.10 bits per heavy atom. The largest absolute Gasteiger partial charge is 0.271 e. The van der Waals surface area contributed by atoms with Gasteiger partial charge in [-0.2, -0.15) is 0 Å². The molecule has 0 aliphatic heterocycles. The summed E-state index contributed by atoms with van der Waals surface area (Å²) in [7, 11) is 0. The van der Waals surface area contributed by atoms with Crippen LogP contribution in [0.1, 0.15) is 39.4 Å². The van der Waals surface area contributed by atoms with E-state index in [1.807, 2.05) is 0 Å². The molecule has 106 valence electrons. The van der Waals surface area contributed by atoms with Crippen LogP contribution >= 0.6 is 0 Å². The van der Waals surface area contributed by atoms with Crippen LogP contribution in [0.4, 0.5) is 0 Å². The number of hydrogen-bond acceptors (Lipinski definition) is 2. The van der Waals surface area contributed by atoms with E-state index in [4.69, 9.17) is 5.84 Å². The van der Waals surface area contributed by atoms with Crippen LogP contribution in [0, 0.1) is 27.7 Å². The van der Waals surface area contributed by atoms with Gasteiger partial charge in [-0.25, -0.2) is 0 Å². The summed E-state index contributed by atoms with van der Waals surface area (Å²) in [4.78, 5) is 0. The van der Waals surface area contributed by atoms with Gasteiger partial charge in [-0.3, -0.25) is 11.3 Å². The Morgan fingerprint density at radius 2 is 1.55 bits per heavy atom. The van der Waals surface area contributed by atoms with Crippen LogP contribution in [0.5, 0.6) is 0 Å². The summed E-state index contributed by atoms with van der Waals surface area (Å²) in [5.74, 6) is 5.79. The Hall–Kier alpha value is -1.64. The number of benzene rings is 2. The van der Waals surface area contributed by atoms with Gasteiger partial charge in [0, 0.05) is 0 Å². The average Bonchev–Trinajstić information content (AvgIpc) is 2.35. The Bertz CT molecular complexity index is 582. The minimum absolute atomic E-state index is 0.150. The number of nitrogens with one attached hydrogen (secondary N) is 1.